The van der Waals surface area contributed by atoms with Gasteiger partial charge in [-0.1, -0.05) is 51.8 Å². The van der Waals surface area contributed by atoms with Gasteiger partial charge < -0.3 is 5.32 Å². The van der Waals surface area contributed by atoms with Gasteiger partial charge in [0.1, 0.15) is 0 Å². The van der Waals surface area contributed by atoms with E-state index in [1.807, 2.05) is 42.5 Å². The number of thioether (sulfide) groups is 1. The summed E-state index contributed by atoms with van der Waals surface area (Å²) in [5.74, 6) is 0.328. The number of hydrogen-bond acceptors (Lipinski definition) is 4. The summed E-state index contributed by atoms with van der Waals surface area (Å²) in [5.41, 5.74) is 3.48. The normalized spacial score (nSPS) is 26.2. The van der Waals surface area contributed by atoms with E-state index < -0.39 is 0 Å². The van der Waals surface area contributed by atoms with Crippen molar-refractivity contribution in [1.82, 2.24) is 0 Å². The number of nitrogens with one attached hydrogen (secondary N) is 1. The van der Waals surface area contributed by atoms with Crippen molar-refractivity contribution < 1.29 is 4.92 Å². The molecule has 5 atom stereocenters. The van der Waals surface area contributed by atoms with E-state index in [2.05, 4.69) is 33.4 Å². The molecule has 0 radical (unpaired) electrons. The SMILES string of the molecule is O=[N+]([O-])c1ccccc1S[C@@H]1C[C@H]2[C@H](c3cc(Cl)ccc3N[C@H]2c2cccc(Br)c2)[C@H]1Cl. The van der Waals surface area contributed by atoms with Gasteiger partial charge in [-0.15, -0.1) is 23.4 Å². The standard InChI is InChI=1S/C24H19BrCl2N2O2S/c25-14-5-3-4-13(10-14)24-17-12-21(32-20-7-2-1-6-19(20)29(30)31)23(27)22(17)16-11-15(26)8-9-18(16)28-24/h1-11,17,21-24,28H,12H2/t17-,21+,22-,23-,24-/m0/s1. The summed E-state index contributed by atoms with van der Waals surface area (Å²) in [7, 11) is 0. The van der Waals surface area contributed by atoms with Crippen LogP contribution in [0.2, 0.25) is 5.02 Å². The summed E-state index contributed by atoms with van der Waals surface area (Å²) < 4.78 is 1.03. The van der Waals surface area contributed by atoms with E-state index in [0.717, 1.165) is 22.1 Å². The molecule has 32 heavy (non-hydrogen) atoms. The maximum atomic E-state index is 11.5. The molecular formula is C24H19BrCl2N2O2S. The Kier molecular flexibility index (Phi) is 6.14. The van der Waals surface area contributed by atoms with Crippen LogP contribution in [-0.2, 0) is 0 Å². The van der Waals surface area contributed by atoms with Gasteiger partial charge in [-0.3, -0.25) is 10.1 Å². The predicted octanol–water partition coefficient (Wildman–Crippen LogP) is 8.05. The molecular weight excluding hydrogens is 531 g/mol. The van der Waals surface area contributed by atoms with Crippen LogP contribution in [0.25, 0.3) is 0 Å². The van der Waals surface area contributed by atoms with Crippen molar-refractivity contribution >= 4 is 62.3 Å². The van der Waals surface area contributed by atoms with Crippen molar-refractivity contribution in [3.05, 3.63) is 97.5 Å². The van der Waals surface area contributed by atoms with E-state index in [4.69, 9.17) is 23.2 Å². The van der Waals surface area contributed by atoms with E-state index in [1.165, 1.54) is 17.3 Å². The van der Waals surface area contributed by atoms with E-state index in [9.17, 15) is 10.1 Å². The van der Waals surface area contributed by atoms with Gasteiger partial charge in [0.2, 0.25) is 0 Å². The summed E-state index contributed by atoms with van der Waals surface area (Å²) in [5, 5.41) is 15.8. The quantitative estimate of drug-likeness (QED) is 0.203. The molecule has 0 bridgehead atoms. The maximum absolute atomic E-state index is 11.5. The van der Waals surface area contributed by atoms with Gasteiger partial charge in [-0.2, -0.15) is 0 Å². The fraction of sp³-hybridized carbons (Fsp3) is 0.250. The van der Waals surface area contributed by atoms with Gasteiger partial charge in [0.15, 0.2) is 0 Å². The zero-order chi connectivity index (χ0) is 22.4. The summed E-state index contributed by atoms with van der Waals surface area (Å²) >= 11 is 18.6. The van der Waals surface area contributed by atoms with Crippen LogP contribution in [0, 0.1) is 16.0 Å². The van der Waals surface area contributed by atoms with Gasteiger partial charge in [0.25, 0.3) is 5.69 Å². The highest BCUT2D eigenvalue weighted by Gasteiger charge is 2.50. The molecule has 0 unspecified atom stereocenters. The molecule has 3 aromatic carbocycles. The van der Waals surface area contributed by atoms with Gasteiger partial charge in [-0.05, 0) is 59.9 Å². The Bertz CT molecular complexity index is 1190. The number of nitro groups is 1. The molecule has 0 saturated heterocycles. The van der Waals surface area contributed by atoms with Crippen LogP contribution >= 0.6 is 50.9 Å². The van der Waals surface area contributed by atoms with Gasteiger partial charge in [-0.25, -0.2) is 0 Å². The number of alkyl halides is 1. The van der Waals surface area contributed by atoms with Crippen molar-refractivity contribution in [3.8, 4) is 0 Å². The predicted molar refractivity (Wildman–Crippen MR) is 135 cm³/mol. The first-order valence-corrected chi connectivity index (χ1v) is 12.8. The molecule has 0 amide bonds. The zero-order valence-corrected chi connectivity index (χ0v) is 20.7. The van der Waals surface area contributed by atoms with Crippen molar-refractivity contribution in [1.29, 1.82) is 0 Å². The number of nitro benzene ring substituents is 1. The van der Waals surface area contributed by atoms with Crippen LogP contribution in [-0.4, -0.2) is 15.6 Å². The van der Waals surface area contributed by atoms with Crippen molar-refractivity contribution in [3.63, 3.8) is 0 Å². The van der Waals surface area contributed by atoms with Crippen LogP contribution in [0.15, 0.2) is 76.1 Å². The van der Waals surface area contributed by atoms with Crippen LogP contribution in [0.1, 0.15) is 29.5 Å². The van der Waals surface area contributed by atoms with Gasteiger partial charge >= 0.3 is 0 Å². The number of fused-ring (bicyclic) bond motifs is 3. The smallest absolute Gasteiger partial charge is 0.282 e. The number of anilines is 1. The molecule has 1 heterocycles. The Labute approximate surface area is 209 Å². The Morgan fingerprint density at radius 3 is 2.69 bits per heavy atom. The highest BCUT2D eigenvalue weighted by Crippen LogP contribution is 2.58. The highest BCUT2D eigenvalue weighted by molar-refractivity contribution is 9.10. The summed E-state index contributed by atoms with van der Waals surface area (Å²) in [6, 6.07) is 21.2. The minimum atomic E-state index is -0.325. The first-order chi connectivity index (χ1) is 15.4. The first kappa shape index (κ1) is 22.1. The second-order valence-electron chi connectivity index (χ2n) is 8.16. The minimum absolute atomic E-state index is 0.0363. The molecule has 1 aliphatic carbocycles. The molecule has 1 saturated carbocycles. The average molecular weight is 550 g/mol. The highest BCUT2D eigenvalue weighted by atomic mass is 79.9. The molecule has 0 spiro atoms. The lowest BCUT2D eigenvalue weighted by atomic mass is 9.77. The fourth-order valence-electron chi connectivity index (χ4n) is 4.99. The average Bonchev–Trinajstić information content (AvgIpc) is 3.10. The molecule has 3 aromatic rings. The molecule has 0 aromatic heterocycles. The molecule has 4 nitrogen and oxygen atoms in total. The molecule has 2 aliphatic rings. The van der Waals surface area contributed by atoms with Crippen molar-refractivity contribution in [2.75, 3.05) is 5.32 Å². The first-order valence-electron chi connectivity index (χ1n) is 10.3. The third-order valence-electron chi connectivity index (χ3n) is 6.32. The molecule has 1 aliphatic heterocycles. The van der Waals surface area contributed by atoms with E-state index in [0.29, 0.717) is 9.92 Å². The van der Waals surface area contributed by atoms with E-state index in [1.54, 1.807) is 12.1 Å². The number of benzene rings is 3. The van der Waals surface area contributed by atoms with E-state index in [-0.39, 0.29) is 39.1 Å². The zero-order valence-electron chi connectivity index (χ0n) is 16.8. The number of rotatable bonds is 4. The second-order valence-corrected chi connectivity index (χ2v) is 11.3. The third kappa shape index (κ3) is 4.03. The fourth-order valence-corrected chi connectivity index (χ4v) is 7.53. The van der Waals surface area contributed by atoms with Crippen molar-refractivity contribution in [2.24, 2.45) is 5.92 Å². The summed E-state index contributed by atoms with van der Waals surface area (Å²) in [6.07, 6.45) is 0.839. The lowest BCUT2D eigenvalue weighted by Gasteiger charge is -2.38. The number of para-hydroxylation sites is 1. The third-order valence-corrected chi connectivity index (χ3v) is 9.16. The minimum Gasteiger partial charge on any atom is -0.378 e. The Morgan fingerprint density at radius 2 is 1.91 bits per heavy atom. The molecule has 1 N–H and O–H groups in total. The summed E-state index contributed by atoms with van der Waals surface area (Å²) in [4.78, 5) is 11.9. The number of hydrogen-bond donors (Lipinski definition) is 1. The second kappa shape index (κ2) is 8.90. The molecule has 5 rings (SSSR count). The number of nitrogens with zero attached hydrogens (tertiary/aromatic N) is 1. The lowest BCUT2D eigenvalue weighted by molar-refractivity contribution is -0.387. The van der Waals surface area contributed by atoms with Crippen LogP contribution < -0.4 is 5.32 Å². The molecule has 8 heteroatoms. The van der Waals surface area contributed by atoms with Gasteiger partial charge in [0.05, 0.1) is 21.2 Å². The Morgan fingerprint density at radius 1 is 1.09 bits per heavy atom. The van der Waals surface area contributed by atoms with Crippen molar-refractivity contribution in [2.45, 2.75) is 33.9 Å². The Hall–Kier alpha value is -1.73. The molecule has 1 fully saturated rings. The van der Waals surface area contributed by atoms with Gasteiger partial charge in [0, 0.05) is 32.4 Å². The van der Waals surface area contributed by atoms with Crippen LogP contribution in [0.3, 0.4) is 0 Å². The number of halogens is 3. The maximum Gasteiger partial charge on any atom is 0.282 e. The molecule has 164 valence electrons. The van der Waals surface area contributed by atoms with Crippen LogP contribution in [0.5, 0.6) is 0 Å². The Balaban J connectivity index is 1.54. The monoisotopic (exact) mass is 548 g/mol. The topological polar surface area (TPSA) is 55.2 Å². The largest absolute Gasteiger partial charge is 0.378 e. The lowest BCUT2D eigenvalue weighted by Crippen LogP contribution is -2.31. The van der Waals surface area contributed by atoms with Crippen LogP contribution in [0.4, 0.5) is 11.4 Å². The van der Waals surface area contributed by atoms with E-state index >= 15 is 0 Å². The summed E-state index contributed by atoms with van der Waals surface area (Å²) in [6.45, 7) is 0.